The van der Waals surface area contributed by atoms with E-state index in [0.29, 0.717) is 18.6 Å². The number of ether oxygens (including phenoxy) is 1. The number of carbonyl (C=O) groups excluding carboxylic acids is 1. The van der Waals surface area contributed by atoms with E-state index in [-0.39, 0.29) is 5.56 Å². The highest BCUT2D eigenvalue weighted by molar-refractivity contribution is 5.96. The number of fused-ring (bicyclic) bond motifs is 1. The summed E-state index contributed by atoms with van der Waals surface area (Å²) in [5.41, 5.74) is 1.11. The highest BCUT2D eigenvalue weighted by Gasteiger charge is 2.19. The number of hydrogen-bond acceptors (Lipinski definition) is 5. The first kappa shape index (κ1) is 17.5. The standard InChI is InChI=1S/C19H19N3O4/c1-12-4-3-11-22-16(12)21-18(24)15(19(22)25)17(23)20-10-9-13-5-7-14(26-2)8-6-13/h3-8,11,24H,9-10H2,1-2H3,(H,20,23). The summed E-state index contributed by atoms with van der Waals surface area (Å²) in [5.74, 6) is -0.455. The summed E-state index contributed by atoms with van der Waals surface area (Å²) in [4.78, 5) is 28.9. The van der Waals surface area contributed by atoms with Crippen LogP contribution in [0.15, 0.2) is 47.4 Å². The molecule has 0 spiro atoms. The highest BCUT2D eigenvalue weighted by Crippen LogP contribution is 2.14. The molecule has 1 aromatic carbocycles. The van der Waals surface area contributed by atoms with Gasteiger partial charge in [0.25, 0.3) is 11.5 Å². The minimum Gasteiger partial charge on any atom is -0.497 e. The zero-order valence-corrected chi connectivity index (χ0v) is 14.5. The molecule has 0 aliphatic carbocycles. The van der Waals surface area contributed by atoms with E-state index >= 15 is 0 Å². The van der Waals surface area contributed by atoms with Crippen molar-refractivity contribution in [2.75, 3.05) is 13.7 Å². The topological polar surface area (TPSA) is 92.9 Å². The fraction of sp³-hybridized carbons (Fsp3) is 0.211. The summed E-state index contributed by atoms with van der Waals surface area (Å²) in [6, 6.07) is 10.9. The normalized spacial score (nSPS) is 10.7. The number of carbonyl (C=O) groups is 1. The van der Waals surface area contributed by atoms with E-state index in [9.17, 15) is 14.7 Å². The van der Waals surface area contributed by atoms with Gasteiger partial charge in [-0.05, 0) is 42.7 Å². The van der Waals surface area contributed by atoms with Crippen molar-refractivity contribution in [1.29, 1.82) is 0 Å². The first-order valence-corrected chi connectivity index (χ1v) is 8.13. The summed E-state index contributed by atoms with van der Waals surface area (Å²) in [7, 11) is 1.60. The number of pyridine rings is 1. The van der Waals surface area contributed by atoms with Crippen LogP contribution in [-0.2, 0) is 6.42 Å². The van der Waals surface area contributed by atoms with Crippen LogP contribution in [0.4, 0.5) is 0 Å². The van der Waals surface area contributed by atoms with Crippen molar-refractivity contribution in [3.8, 4) is 11.6 Å². The quantitative estimate of drug-likeness (QED) is 0.728. The van der Waals surface area contributed by atoms with Gasteiger partial charge in [-0.1, -0.05) is 18.2 Å². The molecule has 0 atom stereocenters. The van der Waals surface area contributed by atoms with Gasteiger partial charge in [-0.15, -0.1) is 0 Å². The van der Waals surface area contributed by atoms with Gasteiger partial charge in [0.1, 0.15) is 11.4 Å². The average Bonchev–Trinajstić information content (AvgIpc) is 2.63. The molecular formula is C19H19N3O4. The number of methoxy groups -OCH3 is 1. The van der Waals surface area contributed by atoms with Crippen molar-refractivity contribution in [2.45, 2.75) is 13.3 Å². The van der Waals surface area contributed by atoms with Crippen LogP contribution in [0.3, 0.4) is 0 Å². The first-order valence-electron chi connectivity index (χ1n) is 8.13. The largest absolute Gasteiger partial charge is 0.497 e. The molecule has 2 N–H and O–H groups in total. The first-order chi connectivity index (χ1) is 12.5. The lowest BCUT2D eigenvalue weighted by molar-refractivity contribution is 0.0949. The van der Waals surface area contributed by atoms with Crippen molar-refractivity contribution < 1.29 is 14.6 Å². The molecule has 0 fully saturated rings. The van der Waals surface area contributed by atoms with Gasteiger partial charge in [0, 0.05) is 12.7 Å². The Balaban J connectivity index is 1.76. The van der Waals surface area contributed by atoms with Crippen LogP contribution in [0.5, 0.6) is 11.6 Å². The fourth-order valence-corrected chi connectivity index (χ4v) is 2.69. The molecule has 0 unspecified atom stereocenters. The van der Waals surface area contributed by atoms with Crippen LogP contribution in [0.2, 0.25) is 0 Å². The number of aromatic nitrogens is 2. The smallest absolute Gasteiger partial charge is 0.274 e. The summed E-state index contributed by atoms with van der Waals surface area (Å²) in [6.45, 7) is 2.09. The molecule has 0 radical (unpaired) electrons. The Hall–Kier alpha value is -3.35. The van der Waals surface area contributed by atoms with Crippen molar-refractivity contribution in [3.05, 3.63) is 69.6 Å². The second-order valence-corrected chi connectivity index (χ2v) is 5.85. The Bertz CT molecular complexity index is 1010. The van der Waals surface area contributed by atoms with Crippen LogP contribution >= 0.6 is 0 Å². The molecule has 0 saturated carbocycles. The second-order valence-electron chi connectivity index (χ2n) is 5.85. The number of aryl methyl sites for hydroxylation is 1. The highest BCUT2D eigenvalue weighted by atomic mass is 16.5. The summed E-state index contributed by atoms with van der Waals surface area (Å²) < 4.78 is 6.36. The Labute approximate surface area is 149 Å². The minimum atomic E-state index is -0.649. The van der Waals surface area contributed by atoms with E-state index < -0.39 is 17.3 Å². The SMILES string of the molecule is COc1ccc(CCNC(=O)c2c(O)nc3c(C)cccn3c2=O)cc1. The number of nitrogens with zero attached hydrogens (tertiary/aromatic N) is 2. The van der Waals surface area contributed by atoms with Gasteiger partial charge in [-0.25, -0.2) is 0 Å². The van der Waals surface area contributed by atoms with Crippen molar-refractivity contribution in [2.24, 2.45) is 0 Å². The van der Waals surface area contributed by atoms with Crippen molar-refractivity contribution >= 4 is 11.6 Å². The Kier molecular flexibility index (Phi) is 4.88. The molecule has 1 amide bonds. The van der Waals surface area contributed by atoms with E-state index in [0.717, 1.165) is 16.9 Å². The number of nitrogens with one attached hydrogen (secondary N) is 1. The van der Waals surface area contributed by atoms with Gasteiger partial charge < -0.3 is 15.2 Å². The molecule has 3 aromatic rings. The Morgan fingerprint density at radius 3 is 2.69 bits per heavy atom. The number of aromatic hydroxyl groups is 1. The lowest BCUT2D eigenvalue weighted by Crippen LogP contribution is -2.33. The van der Waals surface area contributed by atoms with E-state index in [1.54, 1.807) is 26.2 Å². The monoisotopic (exact) mass is 353 g/mol. The molecule has 3 rings (SSSR count). The molecule has 134 valence electrons. The third kappa shape index (κ3) is 3.37. The van der Waals surface area contributed by atoms with Gasteiger partial charge in [0.2, 0.25) is 5.88 Å². The maximum absolute atomic E-state index is 12.5. The number of hydrogen-bond donors (Lipinski definition) is 2. The molecule has 0 saturated heterocycles. The molecule has 2 heterocycles. The second kappa shape index (κ2) is 7.26. The zero-order chi connectivity index (χ0) is 18.7. The van der Waals surface area contributed by atoms with Crippen LogP contribution in [-0.4, -0.2) is 34.1 Å². The van der Waals surface area contributed by atoms with E-state index in [1.165, 1.54) is 10.6 Å². The molecule has 26 heavy (non-hydrogen) atoms. The van der Waals surface area contributed by atoms with Crippen LogP contribution in [0.25, 0.3) is 5.65 Å². The van der Waals surface area contributed by atoms with E-state index in [2.05, 4.69) is 10.3 Å². The third-order valence-corrected chi connectivity index (χ3v) is 4.12. The van der Waals surface area contributed by atoms with Gasteiger partial charge in [0.15, 0.2) is 5.56 Å². The molecule has 0 bridgehead atoms. The van der Waals surface area contributed by atoms with Gasteiger partial charge in [-0.3, -0.25) is 14.0 Å². The van der Waals surface area contributed by atoms with Gasteiger partial charge in [0.05, 0.1) is 7.11 Å². The lowest BCUT2D eigenvalue weighted by Gasteiger charge is -2.09. The number of amides is 1. The predicted octanol–water partition coefficient (Wildman–Crippen LogP) is 1.69. The van der Waals surface area contributed by atoms with Crippen LogP contribution < -0.4 is 15.6 Å². The van der Waals surface area contributed by atoms with Crippen molar-refractivity contribution in [1.82, 2.24) is 14.7 Å². The third-order valence-electron chi connectivity index (χ3n) is 4.12. The van der Waals surface area contributed by atoms with Crippen LogP contribution in [0.1, 0.15) is 21.5 Å². The minimum absolute atomic E-state index is 0.320. The number of rotatable bonds is 5. The van der Waals surface area contributed by atoms with Crippen molar-refractivity contribution in [3.63, 3.8) is 0 Å². The zero-order valence-electron chi connectivity index (χ0n) is 14.5. The lowest BCUT2D eigenvalue weighted by atomic mass is 10.1. The predicted molar refractivity (Wildman–Crippen MR) is 96.9 cm³/mol. The van der Waals surface area contributed by atoms with Gasteiger partial charge in [-0.2, -0.15) is 4.98 Å². The summed E-state index contributed by atoms with van der Waals surface area (Å²) >= 11 is 0. The molecule has 0 aliphatic heterocycles. The average molecular weight is 353 g/mol. The summed E-state index contributed by atoms with van der Waals surface area (Å²) in [5, 5.41) is 12.7. The van der Waals surface area contributed by atoms with Crippen LogP contribution in [0, 0.1) is 6.92 Å². The maximum atomic E-state index is 12.5. The Morgan fingerprint density at radius 2 is 2.00 bits per heavy atom. The van der Waals surface area contributed by atoms with E-state index in [4.69, 9.17) is 4.74 Å². The molecule has 0 aliphatic rings. The molecule has 7 heteroatoms. The summed E-state index contributed by atoms with van der Waals surface area (Å²) in [6.07, 6.45) is 2.10. The van der Waals surface area contributed by atoms with E-state index in [1.807, 2.05) is 24.3 Å². The molecular weight excluding hydrogens is 334 g/mol. The number of benzene rings is 1. The maximum Gasteiger partial charge on any atom is 0.274 e. The molecule has 2 aromatic heterocycles. The van der Waals surface area contributed by atoms with Gasteiger partial charge >= 0.3 is 0 Å². The Morgan fingerprint density at radius 1 is 1.27 bits per heavy atom. The fourth-order valence-electron chi connectivity index (χ4n) is 2.69. The molecule has 7 nitrogen and oxygen atoms in total.